The van der Waals surface area contributed by atoms with E-state index in [0.717, 1.165) is 33.6 Å². The molecule has 2 atom stereocenters. The van der Waals surface area contributed by atoms with Crippen molar-refractivity contribution in [2.45, 2.75) is 32.9 Å². The van der Waals surface area contributed by atoms with Crippen LogP contribution in [0.2, 0.25) is 0 Å². The molecule has 0 unspecified atom stereocenters. The monoisotopic (exact) mass is 471 g/mol. The number of phenols is 1. The summed E-state index contributed by atoms with van der Waals surface area (Å²) in [6.07, 6.45) is -0.689. The van der Waals surface area contributed by atoms with Gasteiger partial charge in [0.15, 0.2) is 0 Å². The smallest absolute Gasteiger partial charge is 0.335 e. The van der Waals surface area contributed by atoms with Crippen LogP contribution in [0.15, 0.2) is 60.7 Å². The van der Waals surface area contributed by atoms with Crippen LogP contribution in [0.1, 0.15) is 40.1 Å². The van der Waals surface area contributed by atoms with Gasteiger partial charge in [0.1, 0.15) is 18.1 Å². The highest BCUT2D eigenvalue weighted by molar-refractivity contribution is 5.88. The van der Waals surface area contributed by atoms with Crippen LogP contribution in [0.4, 0.5) is 0 Å². The number of rotatable bonds is 9. The number of carboxylic acids is 1. The first kappa shape index (κ1) is 26.2. The second-order valence-electron chi connectivity index (χ2n) is 7.95. The summed E-state index contributed by atoms with van der Waals surface area (Å²) in [5.41, 5.74) is 4.96. The van der Waals surface area contributed by atoms with Crippen LogP contribution in [0.5, 0.6) is 11.5 Å². The number of halogens is 1. The van der Waals surface area contributed by atoms with E-state index < -0.39 is 12.1 Å². The van der Waals surface area contributed by atoms with E-state index in [9.17, 15) is 15.0 Å². The summed E-state index contributed by atoms with van der Waals surface area (Å²) in [5.74, 6) is 0.0552. The molecular formula is C26H30ClNO5. The lowest BCUT2D eigenvalue weighted by Crippen LogP contribution is -2.35. The largest absolute Gasteiger partial charge is 0.508 e. The Morgan fingerprint density at radius 3 is 2.09 bits per heavy atom. The molecule has 4 N–H and O–H groups in total. The minimum absolute atomic E-state index is 0. The summed E-state index contributed by atoms with van der Waals surface area (Å²) in [5, 5.41) is 32.2. The minimum Gasteiger partial charge on any atom is -0.508 e. The summed E-state index contributed by atoms with van der Waals surface area (Å²) in [6.45, 7) is 6.89. The van der Waals surface area contributed by atoms with Crippen LogP contribution in [0.3, 0.4) is 0 Å². The number of aromatic hydroxyl groups is 1. The molecule has 0 radical (unpaired) electrons. The lowest BCUT2D eigenvalue weighted by Gasteiger charge is -2.21. The molecule has 6 nitrogen and oxygen atoms in total. The van der Waals surface area contributed by atoms with Gasteiger partial charge >= 0.3 is 5.97 Å². The average molecular weight is 472 g/mol. The fraction of sp³-hybridized carbons (Fsp3) is 0.269. The van der Waals surface area contributed by atoms with Gasteiger partial charge in [-0.1, -0.05) is 24.3 Å². The van der Waals surface area contributed by atoms with Crippen molar-refractivity contribution in [2.24, 2.45) is 0 Å². The highest BCUT2D eigenvalue weighted by atomic mass is 35.5. The van der Waals surface area contributed by atoms with E-state index >= 15 is 0 Å². The normalized spacial score (nSPS) is 12.5. The number of hydrogen-bond donors (Lipinski definition) is 4. The van der Waals surface area contributed by atoms with Gasteiger partial charge in [-0.05, 0) is 85.0 Å². The number of benzene rings is 3. The number of aliphatic hydroxyl groups excluding tert-OH is 1. The van der Waals surface area contributed by atoms with Crippen molar-refractivity contribution >= 4 is 18.4 Å². The number of aryl methyl sites for hydroxylation is 2. The molecule has 0 aliphatic rings. The molecule has 0 heterocycles. The van der Waals surface area contributed by atoms with Crippen molar-refractivity contribution in [3.8, 4) is 22.6 Å². The van der Waals surface area contributed by atoms with Gasteiger partial charge in [-0.15, -0.1) is 12.4 Å². The van der Waals surface area contributed by atoms with E-state index in [0.29, 0.717) is 13.2 Å². The van der Waals surface area contributed by atoms with Crippen LogP contribution in [-0.4, -0.2) is 40.5 Å². The Balaban J connectivity index is 0.00000385. The summed E-state index contributed by atoms with van der Waals surface area (Å²) < 4.78 is 6.01. The van der Waals surface area contributed by atoms with Gasteiger partial charge in [0.2, 0.25) is 0 Å². The maximum atomic E-state index is 11.0. The summed E-state index contributed by atoms with van der Waals surface area (Å²) in [4.78, 5) is 11.0. The van der Waals surface area contributed by atoms with E-state index in [-0.39, 0.29) is 29.8 Å². The van der Waals surface area contributed by atoms with Crippen molar-refractivity contribution in [2.75, 3.05) is 13.2 Å². The maximum Gasteiger partial charge on any atom is 0.335 e. The first-order chi connectivity index (χ1) is 15.3. The highest BCUT2D eigenvalue weighted by Gasteiger charge is 2.16. The number of phenolic OH excluding ortho intramolecular Hbond substituents is 1. The molecule has 0 saturated carbocycles. The van der Waals surface area contributed by atoms with E-state index in [4.69, 9.17) is 9.84 Å². The van der Waals surface area contributed by atoms with Crippen LogP contribution in [0, 0.1) is 13.8 Å². The highest BCUT2D eigenvalue weighted by Crippen LogP contribution is 2.30. The van der Waals surface area contributed by atoms with Crippen molar-refractivity contribution < 1.29 is 24.9 Å². The lowest BCUT2D eigenvalue weighted by atomic mass is 9.99. The second kappa shape index (κ2) is 11.7. The number of carboxylic acid groups (broad SMARTS) is 1. The van der Waals surface area contributed by atoms with Crippen molar-refractivity contribution in [3.05, 3.63) is 82.9 Å². The van der Waals surface area contributed by atoms with Crippen molar-refractivity contribution in [1.29, 1.82) is 0 Å². The molecular weight excluding hydrogens is 442 g/mol. The van der Waals surface area contributed by atoms with Gasteiger partial charge < -0.3 is 25.4 Å². The Labute approximate surface area is 200 Å². The van der Waals surface area contributed by atoms with Crippen molar-refractivity contribution in [1.82, 2.24) is 5.32 Å². The number of ether oxygens (including phenoxy) is 1. The van der Waals surface area contributed by atoms with E-state index in [1.807, 2.05) is 45.0 Å². The van der Waals surface area contributed by atoms with E-state index in [1.54, 1.807) is 36.4 Å². The zero-order valence-corrected chi connectivity index (χ0v) is 19.7. The second-order valence-corrected chi connectivity index (χ2v) is 7.95. The van der Waals surface area contributed by atoms with Gasteiger partial charge in [0.25, 0.3) is 0 Å². The molecule has 33 heavy (non-hydrogen) atoms. The van der Waals surface area contributed by atoms with Crippen LogP contribution < -0.4 is 10.1 Å². The molecule has 3 aromatic rings. The zero-order valence-electron chi connectivity index (χ0n) is 18.9. The fourth-order valence-corrected chi connectivity index (χ4v) is 3.66. The first-order valence-corrected chi connectivity index (χ1v) is 10.5. The Morgan fingerprint density at radius 1 is 0.970 bits per heavy atom. The molecule has 0 fully saturated rings. The number of nitrogens with one attached hydrogen (secondary N) is 1. The third kappa shape index (κ3) is 6.71. The third-order valence-corrected chi connectivity index (χ3v) is 5.45. The molecule has 0 aliphatic heterocycles. The Bertz CT molecular complexity index is 1040. The van der Waals surface area contributed by atoms with Crippen LogP contribution in [0.25, 0.3) is 11.1 Å². The molecule has 0 saturated heterocycles. The molecule has 3 aromatic carbocycles. The standard InChI is InChI=1S/C26H29NO5.ClH/c1-16-14-22(19-4-6-21(7-5-19)26(30)31)15-17(2)25(16)32-13-12-27-18(3)24(29)20-8-10-23(28)11-9-20;/h4-11,14-15,18,24,27-29H,12-13H2,1-3H3,(H,30,31);1H/t18-,24+;/m0./s1. The average Bonchev–Trinajstić information content (AvgIpc) is 2.77. The third-order valence-electron chi connectivity index (χ3n) is 5.45. The predicted octanol–water partition coefficient (Wildman–Crippen LogP) is 4.89. The van der Waals surface area contributed by atoms with Gasteiger partial charge in [-0.2, -0.15) is 0 Å². The minimum atomic E-state index is -0.939. The lowest BCUT2D eigenvalue weighted by molar-refractivity contribution is 0.0697. The van der Waals surface area contributed by atoms with Crippen LogP contribution in [-0.2, 0) is 0 Å². The van der Waals surface area contributed by atoms with Crippen LogP contribution >= 0.6 is 12.4 Å². The molecule has 176 valence electrons. The quantitative estimate of drug-likeness (QED) is 0.332. The van der Waals surface area contributed by atoms with E-state index in [2.05, 4.69) is 5.32 Å². The number of carbonyl (C=O) groups is 1. The Morgan fingerprint density at radius 2 is 1.55 bits per heavy atom. The van der Waals surface area contributed by atoms with Gasteiger partial charge in [0.05, 0.1) is 11.7 Å². The summed E-state index contributed by atoms with van der Waals surface area (Å²) in [7, 11) is 0. The number of aliphatic hydroxyl groups is 1. The topological polar surface area (TPSA) is 99.0 Å². The maximum absolute atomic E-state index is 11.0. The first-order valence-electron chi connectivity index (χ1n) is 10.5. The SMILES string of the molecule is Cc1cc(-c2ccc(C(=O)O)cc2)cc(C)c1OCCN[C@@H](C)[C@@H](O)c1ccc(O)cc1.Cl. The summed E-state index contributed by atoms with van der Waals surface area (Å²) in [6, 6.07) is 17.2. The number of hydrogen-bond acceptors (Lipinski definition) is 5. The zero-order chi connectivity index (χ0) is 23.3. The van der Waals surface area contributed by atoms with Gasteiger partial charge in [0, 0.05) is 12.6 Å². The molecule has 3 rings (SSSR count). The van der Waals surface area contributed by atoms with E-state index in [1.165, 1.54) is 0 Å². The molecule has 0 bridgehead atoms. The van der Waals surface area contributed by atoms with Gasteiger partial charge in [-0.3, -0.25) is 0 Å². The molecule has 0 aliphatic carbocycles. The van der Waals surface area contributed by atoms with Gasteiger partial charge in [-0.25, -0.2) is 4.79 Å². The molecule has 7 heteroatoms. The number of aromatic carboxylic acids is 1. The molecule has 0 aromatic heterocycles. The fourth-order valence-electron chi connectivity index (χ4n) is 3.66. The molecule has 0 amide bonds. The van der Waals surface area contributed by atoms with Crippen molar-refractivity contribution in [3.63, 3.8) is 0 Å². The molecule has 0 spiro atoms. The Kier molecular flexibility index (Phi) is 9.29. The summed E-state index contributed by atoms with van der Waals surface area (Å²) >= 11 is 0. The Hall–Kier alpha value is -3.06. The predicted molar refractivity (Wildman–Crippen MR) is 132 cm³/mol.